The third-order valence-electron chi connectivity index (χ3n) is 4.36. The van der Waals surface area contributed by atoms with Gasteiger partial charge in [0.2, 0.25) is 0 Å². The Kier molecular flexibility index (Phi) is 5.93. The largest absolute Gasteiger partial charge is 0.488 e. The molecule has 1 atom stereocenters. The molecule has 0 saturated carbocycles. The van der Waals surface area contributed by atoms with Gasteiger partial charge < -0.3 is 14.2 Å². The molecule has 0 aliphatic carbocycles. The van der Waals surface area contributed by atoms with Gasteiger partial charge >= 0.3 is 12.1 Å². The molecular formula is C21H25NO5S. The number of esters is 1. The van der Waals surface area contributed by atoms with Gasteiger partial charge in [-0.2, -0.15) is 0 Å². The predicted molar refractivity (Wildman–Crippen MR) is 106 cm³/mol. The Labute approximate surface area is 169 Å². The molecule has 1 aromatic heterocycles. The smallest absolute Gasteiger partial charge is 0.411 e. The molecule has 0 bridgehead atoms. The fourth-order valence-corrected chi connectivity index (χ4v) is 3.74. The van der Waals surface area contributed by atoms with E-state index in [2.05, 4.69) is 0 Å². The van der Waals surface area contributed by atoms with Gasteiger partial charge in [-0.3, -0.25) is 4.90 Å². The average Bonchev–Trinajstić information content (AvgIpc) is 3.16. The van der Waals surface area contributed by atoms with Crippen molar-refractivity contribution in [1.29, 1.82) is 0 Å². The molecule has 1 aromatic carbocycles. The predicted octanol–water partition coefficient (Wildman–Crippen LogP) is 4.33. The van der Waals surface area contributed by atoms with Gasteiger partial charge in [-0.05, 0) is 61.9 Å². The first-order chi connectivity index (χ1) is 13.3. The maximum atomic E-state index is 12.6. The van der Waals surface area contributed by atoms with Crippen molar-refractivity contribution in [2.75, 3.05) is 13.7 Å². The van der Waals surface area contributed by atoms with E-state index < -0.39 is 23.7 Å². The van der Waals surface area contributed by atoms with Crippen molar-refractivity contribution < 1.29 is 23.8 Å². The number of hydrogen-bond donors (Lipinski definition) is 0. The Morgan fingerprint density at radius 3 is 2.68 bits per heavy atom. The highest BCUT2D eigenvalue weighted by molar-refractivity contribution is 7.09. The summed E-state index contributed by atoms with van der Waals surface area (Å²) in [5, 5.41) is 2.01. The number of carbonyl (C=O) groups excluding carboxylic acids is 2. The Morgan fingerprint density at radius 1 is 1.25 bits per heavy atom. The van der Waals surface area contributed by atoms with E-state index >= 15 is 0 Å². The lowest BCUT2D eigenvalue weighted by Crippen LogP contribution is -2.46. The first-order valence-electron chi connectivity index (χ1n) is 9.14. The van der Waals surface area contributed by atoms with Gasteiger partial charge in [0.1, 0.15) is 18.0 Å². The van der Waals surface area contributed by atoms with Crippen LogP contribution in [0, 0.1) is 0 Å². The molecule has 3 rings (SSSR count). The molecule has 0 spiro atoms. The second-order valence-electron chi connectivity index (χ2n) is 7.58. The summed E-state index contributed by atoms with van der Waals surface area (Å²) < 4.78 is 16.3. The van der Waals surface area contributed by atoms with E-state index in [1.807, 2.05) is 35.7 Å². The summed E-state index contributed by atoms with van der Waals surface area (Å²) in [6.07, 6.45) is 0.0877. The zero-order chi connectivity index (χ0) is 20.3. The molecular weight excluding hydrogens is 378 g/mol. The summed E-state index contributed by atoms with van der Waals surface area (Å²) in [5.74, 6) is 0.251. The lowest BCUT2D eigenvalue weighted by atomic mass is 9.92. The molecule has 28 heavy (non-hydrogen) atoms. The summed E-state index contributed by atoms with van der Waals surface area (Å²) >= 11 is 1.64. The highest BCUT2D eigenvalue weighted by atomic mass is 32.1. The maximum absolute atomic E-state index is 12.6. The van der Waals surface area contributed by atoms with Gasteiger partial charge in [0.15, 0.2) is 6.04 Å². The zero-order valence-electron chi connectivity index (χ0n) is 16.6. The molecule has 2 aromatic rings. The van der Waals surface area contributed by atoms with Gasteiger partial charge in [0.05, 0.1) is 7.11 Å². The Hall–Kier alpha value is -2.54. The third-order valence-corrected chi connectivity index (χ3v) is 5.21. The number of thiophene rings is 1. The van der Waals surface area contributed by atoms with Crippen molar-refractivity contribution in [2.24, 2.45) is 0 Å². The first kappa shape index (κ1) is 20.2. The van der Waals surface area contributed by atoms with Crippen LogP contribution in [-0.2, 0) is 27.3 Å². The van der Waals surface area contributed by atoms with Crippen LogP contribution in [0.5, 0.6) is 5.75 Å². The quantitative estimate of drug-likeness (QED) is 0.711. The van der Waals surface area contributed by atoms with Crippen LogP contribution in [0.3, 0.4) is 0 Å². The first-order valence-corrected chi connectivity index (χ1v) is 10.0. The van der Waals surface area contributed by atoms with Gasteiger partial charge in [0.25, 0.3) is 0 Å². The highest BCUT2D eigenvalue weighted by Gasteiger charge is 2.39. The minimum atomic E-state index is -0.824. The Morgan fingerprint density at radius 2 is 2.04 bits per heavy atom. The number of amides is 1. The summed E-state index contributed by atoms with van der Waals surface area (Å²) in [5.41, 5.74) is 1.07. The van der Waals surface area contributed by atoms with Crippen molar-refractivity contribution >= 4 is 23.4 Å². The molecule has 0 saturated heterocycles. The summed E-state index contributed by atoms with van der Waals surface area (Å²) in [6, 6.07) is 8.77. The third kappa shape index (κ3) is 4.65. The molecule has 0 N–H and O–H groups in total. The summed E-state index contributed by atoms with van der Waals surface area (Å²) in [4.78, 5) is 27.7. The highest BCUT2D eigenvalue weighted by Crippen LogP contribution is 2.34. The number of benzene rings is 1. The second kappa shape index (κ2) is 8.22. The molecule has 6 nitrogen and oxygen atoms in total. The minimum absolute atomic E-state index is 0.371. The number of nitrogens with zero attached hydrogens (tertiary/aromatic N) is 1. The Bertz CT molecular complexity index is 841. The van der Waals surface area contributed by atoms with Crippen LogP contribution in [0.1, 0.15) is 42.8 Å². The number of hydrogen-bond acceptors (Lipinski definition) is 6. The maximum Gasteiger partial charge on any atom is 0.411 e. The number of fused-ring (bicyclic) bond motifs is 1. The van der Waals surface area contributed by atoms with Crippen LogP contribution in [-0.4, -0.2) is 36.2 Å². The van der Waals surface area contributed by atoms with E-state index in [0.717, 1.165) is 21.8 Å². The molecule has 0 unspecified atom stereocenters. The lowest BCUT2D eigenvalue weighted by Gasteiger charge is -2.36. The molecule has 1 aliphatic rings. The minimum Gasteiger partial charge on any atom is -0.488 e. The van der Waals surface area contributed by atoms with E-state index in [0.29, 0.717) is 19.6 Å². The normalized spacial score (nSPS) is 16.3. The van der Waals surface area contributed by atoms with Crippen LogP contribution < -0.4 is 4.74 Å². The zero-order valence-corrected chi connectivity index (χ0v) is 17.4. The van der Waals surface area contributed by atoms with Crippen molar-refractivity contribution in [2.45, 2.75) is 45.4 Å². The molecule has 1 aliphatic heterocycles. The SMILES string of the molecule is COC(=O)[C@H]1c2ccc(OCc3cccs3)cc2CCN1C(=O)OC(C)(C)C. The number of rotatable bonds is 4. The van der Waals surface area contributed by atoms with Gasteiger partial charge in [-0.25, -0.2) is 9.59 Å². The van der Waals surface area contributed by atoms with Crippen LogP contribution >= 0.6 is 11.3 Å². The Balaban J connectivity index is 1.82. The van der Waals surface area contributed by atoms with E-state index in [-0.39, 0.29) is 0 Å². The van der Waals surface area contributed by atoms with E-state index in [4.69, 9.17) is 14.2 Å². The van der Waals surface area contributed by atoms with Crippen molar-refractivity contribution in [3.05, 3.63) is 51.7 Å². The number of ether oxygens (including phenoxy) is 3. The van der Waals surface area contributed by atoms with Crippen LogP contribution in [0.2, 0.25) is 0 Å². The molecule has 2 heterocycles. The fraction of sp³-hybridized carbons (Fsp3) is 0.429. The van der Waals surface area contributed by atoms with Crippen LogP contribution in [0.15, 0.2) is 35.7 Å². The fourth-order valence-electron chi connectivity index (χ4n) is 3.13. The molecule has 0 radical (unpaired) electrons. The van der Waals surface area contributed by atoms with Gasteiger partial charge in [0, 0.05) is 11.4 Å². The van der Waals surface area contributed by atoms with Gasteiger partial charge in [-0.15, -0.1) is 11.3 Å². The summed E-state index contributed by atoms with van der Waals surface area (Å²) in [7, 11) is 1.32. The standard InChI is InChI=1S/C21H25NO5S/c1-21(2,3)27-20(24)22-10-9-14-12-15(26-13-16-6-5-11-28-16)7-8-17(14)18(22)19(23)25-4/h5-8,11-12,18H,9-10,13H2,1-4H3/t18-/m1/s1. The molecule has 150 valence electrons. The second-order valence-corrected chi connectivity index (χ2v) is 8.61. The van der Waals surface area contributed by atoms with Crippen molar-refractivity contribution in [1.82, 2.24) is 4.90 Å². The number of carbonyl (C=O) groups is 2. The van der Waals surface area contributed by atoms with E-state index in [1.54, 1.807) is 32.1 Å². The monoisotopic (exact) mass is 403 g/mol. The van der Waals surface area contributed by atoms with E-state index in [9.17, 15) is 9.59 Å². The summed E-state index contributed by atoms with van der Waals surface area (Å²) in [6.45, 7) is 6.27. The lowest BCUT2D eigenvalue weighted by molar-refractivity contribution is -0.147. The van der Waals surface area contributed by atoms with Crippen LogP contribution in [0.4, 0.5) is 4.79 Å². The van der Waals surface area contributed by atoms with Gasteiger partial charge in [-0.1, -0.05) is 12.1 Å². The number of methoxy groups -OCH3 is 1. The molecule has 1 amide bonds. The van der Waals surface area contributed by atoms with Crippen molar-refractivity contribution in [3.8, 4) is 5.75 Å². The molecule has 0 fully saturated rings. The van der Waals surface area contributed by atoms with Crippen molar-refractivity contribution in [3.63, 3.8) is 0 Å². The average molecular weight is 404 g/mol. The topological polar surface area (TPSA) is 65.1 Å². The van der Waals surface area contributed by atoms with Crippen LogP contribution in [0.25, 0.3) is 0 Å². The van der Waals surface area contributed by atoms with E-state index in [1.165, 1.54) is 12.0 Å². The molecule has 7 heteroatoms.